The highest BCUT2D eigenvalue weighted by molar-refractivity contribution is 14.0. The molecular formula is C21H31FIN7. The van der Waals surface area contributed by atoms with Crippen molar-refractivity contribution in [3.63, 3.8) is 0 Å². The lowest BCUT2D eigenvalue weighted by molar-refractivity contribution is 0.254. The molecule has 0 aliphatic carbocycles. The summed E-state index contributed by atoms with van der Waals surface area (Å²) >= 11 is 0. The monoisotopic (exact) mass is 527 g/mol. The van der Waals surface area contributed by atoms with E-state index in [-0.39, 0.29) is 29.8 Å². The highest BCUT2D eigenvalue weighted by Crippen LogP contribution is 2.10. The van der Waals surface area contributed by atoms with Gasteiger partial charge in [-0.1, -0.05) is 12.1 Å². The summed E-state index contributed by atoms with van der Waals surface area (Å²) in [5.41, 5.74) is 1.56. The van der Waals surface area contributed by atoms with Gasteiger partial charge in [-0.2, -0.15) is 0 Å². The molecule has 1 saturated heterocycles. The molecule has 30 heavy (non-hydrogen) atoms. The van der Waals surface area contributed by atoms with Crippen LogP contribution in [0, 0.1) is 12.7 Å². The lowest BCUT2D eigenvalue weighted by atomic mass is 10.1. The Morgan fingerprint density at radius 2 is 1.87 bits per heavy atom. The molecule has 0 unspecified atom stereocenters. The highest BCUT2D eigenvalue weighted by Gasteiger charge is 2.18. The molecule has 164 valence electrons. The van der Waals surface area contributed by atoms with E-state index in [2.05, 4.69) is 35.4 Å². The van der Waals surface area contributed by atoms with Crippen molar-refractivity contribution < 1.29 is 4.39 Å². The third kappa shape index (κ3) is 7.35. The van der Waals surface area contributed by atoms with Gasteiger partial charge in [0.25, 0.3) is 0 Å². The fourth-order valence-corrected chi connectivity index (χ4v) is 3.29. The summed E-state index contributed by atoms with van der Waals surface area (Å²) in [5, 5.41) is 6.56. The van der Waals surface area contributed by atoms with Crippen LogP contribution in [0.15, 0.2) is 41.7 Å². The van der Waals surface area contributed by atoms with E-state index in [1.807, 2.05) is 12.1 Å². The molecule has 3 rings (SSSR count). The van der Waals surface area contributed by atoms with Crippen LogP contribution in [0.3, 0.4) is 0 Å². The number of piperazine rings is 1. The van der Waals surface area contributed by atoms with Crippen molar-refractivity contribution in [3.05, 3.63) is 53.6 Å². The van der Waals surface area contributed by atoms with Crippen LogP contribution in [-0.2, 0) is 6.54 Å². The van der Waals surface area contributed by atoms with Gasteiger partial charge in [0.05, 0.1) is 0 Å². The predicted octanol–water partition coefficient (Wildman–Crippen LogP) is 2.42. The van der Waals surface area contributed by atoms with Crippen molar-refractivity contribution in [1.29, 1.82) is 0 Å². The number of rotatable bonds is 7. The quantitative estimate of drug-likeness (QED) is 0.250. The van der Waals surface area contributed by atoms with Crippen molar-refractivity contribution in [1.82, 2.24) is 25.5 Å². The van der Waals surface area contributed by atoms with E-state index in [1.54, 1.807) is 38.5 Å². The second kappa shape index (κ2) is 12.6. The van der Waals surface area contributed by atoms with Crippen LogP contribution in [0.4, 0.5) is 10.3 Å². The molecule has 0 radical (unpaired) electrons. The fraction of sp³-hybridized carbons (Fsp3) is 0.476. The highest BCUT2D eigenvalue weighted by atomic mass is 127. The van der Waals surface area contributed by atoms with Gasteiger partial charge in [-0.15, -0.1) is 24.0 Å². The van der Waals surface area contributed by atoms with Crippen LogP contribution < -0.4 is 15.5 Å². The molecule has 0 bridgehead atoms. The zero-order valence-electron chi connectivity index (χ0n) is 17.6. The summed E-state index contributed by atoms with van der Waals surface area (Å²) in [6.45, 7) is 8.12. The van der Waals surface area contributed by atoms with Crippen molar-refractivity contribution in [2.45, 2.75) is 19.9 Å². The number of nitrogens with one attached hydrogen (secondary N) is 2. The first-order valence-corrected chi connectivity index (χ1v) is 10.1. The number of aromatic nitrogens is 2. The van der Waals surface area contributed by atoms with Gasteiger partial charge in [0.2, 0.25) is 5.95 Å². The first kappa shape index (κ1) is 24.3. The van der Waals surface area contributed by atoms with E-state index in [1.165, 1.54) is 0 Å². The van der Waals surface area contributed by atoms with Gasteiger partial charge in [-0.3, -0.25) is 9.89 Å². The molecule has 7 nitrogen and oxygen atoms in total. The zero-order valence-corrected chi connectivity index (χ0v) is 20.0. The van der Waals surface area contributed by atoms with E-state index in [0.29, 0.717) is 12.1 Å². The molecular weight excluding hydrogens is 496 g/mol. The van der Waals surface area contributed by atoms with Gasteiger partial charge in [-0.05, 0) is 43.1 Å². The van der Waals surface area contributed by atoms with Crippen molar-refractivity contribution in [2.24, 2.45) is 4.99 Å². The van der Waals surface area contributed by atoms with Gasteiger partial charge >= 0.3 is 0 Å². The Balaban J connectivity index is 0.00000320. The van der Waals surface area contributed by atoms with Crippen molar-refractivity contribution in [3.8, 4) is 0 Å². The van der Waals surface area contributed by atoms with Gasteiger partial charge < -0.3 is 15.5 Å². The van der Waals surface area contributed by atoms with Gasteiger partial charge in [0.1, 0.15) is 5.82 Å². The van der Waals surface area contributed by atoms with Crippen molar-refractivity contribution >= 4 is 35.9 Å². The Bertz CT molecular complexity index is 795. The number of hydrogen-bond acceptors (Lipinski definition) is 5. The number of aryl methyl sites for hydroxylation is 1. The minimum absolute atomic E-state index is 0. The average molecular weight is 527 g/mol. The number of anilines is 1. The molecule has 1 fully saturated rings. The normalized spacial score (nSPS) is 14.9. The Hall–Kier alpha value is -2.01. The molecule has 1 aromatic carbocycles. The molecule has 1 aliphatic heterocycles. The van der Waals surface area contributed by atoms with Crippen LogP contribution in [0.2, 0.25) is 0 Å². The molecule has 0 saturated carbocycles. The van der Waals surface area contributed by atoms with Crippen LogP contribution in [0.5, 0.6) is 0 Å². The van der Waals surface area contributed by atoms with E-state index >= 15 is 0 Å². The minimum atomic E-state index is -0.175. The molecule has 0 amide bonds. The van der Waals surface area contributed by atoms with Crippen molar-refractivity contribution in [2.75, 3.05) is 51.2 Å². The molecule has 2 heterocycles. The first-order valence-electron chi connectivity index (χ1n) is 10.1. The summed E-state index contributed by atoms with van der Waals surface area (Å²) in [6.07, 6.45) is 4.61. The van der Waals surface area contributed by atoms with Gasteiger partial charge in [0, 0.05) is 58.7 Å². The SMILES string of the molecule is CN=C(NCCCN1CCN(c2ncccn2)CC1)NCc1ccc(C)c(F)c1.I. The van der Waals surface area contributed by atoms with Crippen LogP contribution in [-0.4, -0.2) is 67.1 Å². The molecule has 1 aromatic heterocycles. The Morgan fingerprint density at radius 1 is 1.13 bits per heavy atom. The number of aliphatic imine (C=N–C) groups is 1. The number of benzene rings is 1. The maximum Gasteiger partial charge on any atom is 0.225 e. The Morgan fingerprint density at radius 3 is 2.53 bits per heavy atom. The average Bonchev–Trinajstić information content (AvgIpc) is 2.76. The van der Waals surface area contributed by atoms with Crippen LogP contribution in [0.1, 0.15) is 17.5 Å². The van der Waals surface area contributed by atoms with Crippen LogP contribution >= 0.6 is 24.0 Å². The molecule has 2 N–H and O–H groups in total. The molecule has 2 aromatic rings. The predicted molar refractivity (Wildman–Crippen MR) is 130 cm³/mol. The summed E-state index contributed by atoms with van der Waals surface area (Å²) in [5.74, 6) is 1.38. The molecule has 1 aliphatic rings. The summed E-state index contributed by atoms with van der Waals surface area (Å²) in [7, 11) is 1.75. The standard InChI is InChI=1S/C21H30FN7.HI/c1-17-5-6-18(15-19(17)22)16-27-20(23-2)24-9-4-10-28-11-13-29(14-12-28)21-25-7-3-8-26-21;/h3,5-8,15H,4,9-14,16H2,1-2H3,(H2,23,24,27);1H. The first-order chi connectivity index (χ1) is 14.2. The van der Waals surface area contributed by atoms with E-state index in [4.69, 9.17) is 0 Å². The zero-order chi connectivity index (χ0) is 20.5. The maximum absolute atomic E-state index is 13.6. The number of nitrogens with zero attached hydrogens (tertiary/aromatic N) is 5. The third-order valence-corrected chi connectivity index (χ3v) is 5.07. The van der Waals surface area contributed by atoms with E-state index in [9.17, 15) is 4.39 Å². The van der Waals surface area contributed by atoms with Gasteiger partial charge in [0.15, 0.2) is 5.96 Å². The molecule has 0 atom stereocenters. The number of hydrogen-bond donors (Lipinski definition) is 2. The van der Waals surface area contributed by atoms with E-state index in [0.717, 1.165) is 63.2 Å². The number of halogens is 2. The fourth-order valence-electron chi connectivity index (χ4n) is 3.29. The smallest absolute Gasteiger partial charge is 0.225 e. The second-order valence-electron chi connectivity index (χ2n) is 7.17. The van der Waals surface area contributed by atoms with E-state index < -0.39 is 0 Å². The Labute approximate surface area is 195 Å². The number of guanidine groups is 1. The lowest BCUT2D eigenvalue weighted by Crippen LogP contribution is -2.47. The molecule has 9 heteroatoms. The largest absolute Gasteiger partial charge is 0.356 e. The van der Waals surface area contributed by atoms with Gasteiger partial charge in [-0.25, -0.2) is 14.4 Å². The topological polar surface area (TPSA) is 68.7 Å². The molecule has 0 spiro atoms. The summed E-state index contributed by atoms with van der Waals surface area (Å²) in [4.78, 5) is 17.6. The third-order valence-electron chi connectivity index (χ3n) is 5.07. The maximum atomic E-state index is 13.6. The second-order valence-corrected chi connectivity index (χ2v) is 7.17. The lowest BCUT2D eigenvalue weighted by Gasteiger charge is -2.34. The van der Waals surface area contributed by atoms with Crippen LogP contribution in [0.25, 0.3) is 0 Å². The summed E-state index contributed by atoms with van der Waals surface area (Å²) < 4.78 is 13.6. The summed E-state index contributed by atoms with van der Waals surface area (Å²) in [6, 6.07) is 7.13. The minimum Gasteiger partial charge on any atom is -0.356 e. The Kier molecular flexibility index (Phi) is 10.2.